The average molecular weight is 253 g/mol. The molecule has 0 amide bonds. The van der Waals surface area contributed by atoms with Crippen LogP contribution >= 0.6 is 0 Å². The molecular formula is C15H15N3O. The van der Waals surface area contributed by atoms with Crippen LogP contribution in [0.3, 0.4) is 0 Å². The quantitative estimate of drug-likeness (QED) is 0.700. The first-order chi connectivity index (χ1) is 9.08. The van der Waals surface area contributed by atoms with Gasteiger partial charge in [-0.2, -0.15) is 0 Å². The summed E-state index contributed by atoms with van der Waals surface area (Å²) in [5.41, 5.74) is 6.87. The van der Waals surface area contributed by atoms with Crippen LogP contribution in [-0.2, 0) is 0 Å². The van der Waals surface area contributed by atoms with Crippen molar-refractivity contribution in [2.75, 3.05) is 0 Å². The van der Waals surface area contributed by atoms with E-state index in [9.17, 15) is 4.79 Å². The van der Waals surface area contributed by atoms with Crippen LogP contribution in [0.5, 0.6) is 0 Å². The standard InChI is InChI=1S/C15H15N3O/c1-8-4-9(2)12(10(3)5-8)11-6-16-14-13(11)17-7-18-15(14)19/h4-7,16H,1-3H3,(H,17,18,19). The molecule has 0 aliphatic rings. The number of fused-ring (bicyclic) bond motifs is 1. The number of nitrogens with one attached hydrogen (secondary N) is 2. The Morgan fingerprint density at radius 1 is 1.05 bits per heavy atom. The molecule has 0 aliphatic carbocycles. The van der Waals surface area contributed by atoms with Gasteiger partial charge in [-0.1, -0.05) is 17.7 Å². The summed E-state index contributed by atoms with van der Waals surface area (Å²) in [7, 11) is 0. The van der Waals surface area contributed by atoms with E-state index < -0.39 is 0 Å². The zero-order valence-corrected chi connectivity index (χ0v) is 11.2. The SMILES string of the molecule is Cc1cc(C)c(-c2c[nH]c3c(=O)[nH]cnc23)c(C)c1. The summed E-state index contributed by atoms with van der Waals surface area (Å²) in [5, 5.41) is 0. The summed E-state index contributed by atoms with van der Waals surface area (Å²) in [6.07, 6.45) is 3.30. The first kappa shape index (κ1) is 11.7. The smallest absolute Gasteiger partial charge is 0.275 e. The van der Waals surface area contributed by atoms with E-state index in [0.717, 1.165) is 16.6 Å². The lowest BCUT2D eigenvalue weighted by atomic mass is 9.95. The first-order valence-electron chi connectivity index (χ1n) is 6.21. The second kappa shape index (κ2) is 4.09. The van der Waals surface area contributed by atoms with Gasteiger partial charge in [0.2, 0.25) is 0 Å². The Labute approximate surface area is 110 Å². The highest BCUT2D eigenvalue weighted by Crippen LogP contribution is 2.31. The summed E-state index contributed by atoms with van der Waals surface area (Å²) in [4.78, 5) is 21.6. The van der Waals surface area contributed by atoms with Gasteiger partial charge in [0.05, 0.1) is 6.33 Å². The molecule has 4 nitrogen and oxygen atoms in total. The van der Waals surface area contributed by atoms with Crippen molar-refractivity contribution in [3.8, 4) is 11.1 Å². The van der Waals surface area contributed by atoms with Crippen LogP contribution in [0.25, 0.3) is 22.2 Å². The van der Waals surface area contributed by atoms with E-state index in [4.69, 9.17) is 0 Å². The molecule has 0 aliphatic heterocycles. The van der Waals surface area contributed by atoms with Gasteiger partial charge >= 0.3 is 0 Å². The average Bonchev–Trinajstić information content (AvgIpc) is 2.73. The Balaban J connectivity index is 2.38. The summed E-state index contributed by atoms with van der Waals surface area (Å²) in [6, 6.07) is 4.29. The van der Waals surface area contributed by atoms with Gasteiger partial charge in [-0.3, -0.25) is 4.79 Å². The second-order valence-electron chi connectivity index (χ2n) is 4.93. The third-order valence-corrected chi connectivity index (χ3v) is 3.42. The zero-order valence-electron chi connectivity index (χ0n) is 11.2. The van der Waals surface area contributed by atoms with Crippen molar-refractivity contribution < 1.29 is 0 Å². The number of hydrogen-bond acceptors (Lipinski definition) is 2. The summed E-state index contributed by atoms with van der Waals surface area (Å²) in [6.45, 7) is 6.25. The topological polar surface area (TPSA) is 61.5 Å². The Bertz CT molecular complexity index is 804. The maximum Gasteiger partial charge on any atom is 0.275 e. The number of aryl methyl sites for hydroxylation is 3. The van der Waals surface area contributed by atoms with E-state index in [0.29, 0.717) is 5.52 Å². The van der Waals surface area contributed by atoms with Gasteiger partial charge in [-0.15, -0.1) is 0 Å². The number of benzene rings is 1. The second-order valence-corrected chi connectivity index (χ2v) is 4.93. The molecule has 2 N–H and O–H groups in total. The molecule has 96 valence electrons. The lowest BCUT2D eigenvalue weighted by Crippen LogP contribution is -2.05. The van der Waals surface area contributed by atoms with E-state index in [1.807, 2.05) is 6.20 Å². The van der Waals surface area contributed by atoms with Crippen molar-refractivity contribution >= 4 is 11.0 Å². The Morgan fingerprint density at radius 3 is 2.42 bits per heavy atom. The fourth-order valence-corrected chi connectivity index (χ4v) is 2.75. The van der Waals surface area contributed by atoms with Gasteiger partial charge in [0.25, 0.3) is 5.56 Å². The molecule has 2 heterocycles. The molecule has 0 unspecified atom stereocenters. The van der Waals surface area contributed by atoms with Crippen LogP contribution in [0.2, 0.25) is 0 Å². The highest BCUT2D eigenvalue weighted by atomic mass is 16.1. The van der Waals surface area contributed by atoms with Crippen molar-refractivity contribution in [2.24, 2.45) is 0 Å². The Hall–Kier alpha value is -2.36. The van der Waals surface area contributed by atoms with E-state index in [1.54, 1.807) is 0 Å². The third kappa shape index (κ3) is 1.76. The fraction of sp³-hybridized carbons (Fsp3) is 0.200. The molecule has 19 heavy (non-hydrogen) atoms. The highest BCUT2D eigenvalue weighted by molar-refractivity contribution is 5.93. The van der Waals surface area contributed by atoms with Gasteiger partial charge in [-0.05, 0) is 37.5 Å². The third-order valence-electron chi connectivity index (χ3n) is 3.42. The normalized spacial score (nSPS) is 11.1. The van der Waals surface area contributed by atoms with Crippen LogP contribution in [-0.4, -0.2) is 15.0 Å². The molecule has 1 aromatic carbocycles. The number of rotatable bonds is 1. The van der Waals surface area contributed by atoms with E-state index in [2.05, 4.69) is 47.9 Å². The van der Waals surface area contributed by atoms with E-state index in [1.165, 1.54) is 23.0 Å². The van der Waals surface area contributed by atoms with Crippen molar-refractivity contribution in [3.63, 3.8) is 0 Å². The lowest BCUT2D eigenvalue weighted by molar-refractivity contribution is 1.16. The summed E-state index contributed by atoms with van der Waals surface area (Å²) < 4.78 is 0. The molecule has 4 heteroatoms. The molecule has 0 fully saturated rings. The van der Waals surface area contributed by atoms with Gasteiger partial charge < -0.3 is 9.97 Å². The van der Waals surface area contributed by atoms with E-state index >= 15 is 0 Å². The van der Waals surface area contributed by atoms with Crippen LogP contribution in [0.4, 0.5) is 0 Å². The molecule has 3 rings (SSSR count). The highest BCUT2D eigenvalue weighted by Gasteiger charge is 2.13. The Kier molecular flexibility index (Phi) is 2.52. The Morgan fingerprint density at radius 2 is 1.74 bits per heavy atom. The van der Waals surface area contributed by atoms with Crippen LogP contribution in [0.1, 0.15) is 16.7 Å². The number of aromatic nitrogens is 3. The predicted octanol–water partition coefficient (Wildman–Crippen LogP) is 2.84. The monoisotopic (exact) mass is 253 g/mol. The van der Waals surface area contributed by atoms with Crippen LogP contribution in [0, 0.1) is 20.8 Å². The van der Waals surface area contributed by atoms with E-state index in [-0.39, 0.29) is 5.56 Å². The molecule has 0 spiro atoms. The molecular weight excluding hydrogens is 238 g/mol. The maximum absolute atomic E-state index is 11.7. The molecule has 0 atom stereocenters. The molecule has 0 saturated heterocycles. The predicted molar refractivity (Wildman–Crippen MR) is 76.4 cm³/mol. The van der Waals surface area contributed by atoms with Crippen molar-refractivity contribution in [1.82, 2.24) is 15.0 Å². The summed E-state index contributed by atoms with van der Waals surface area (Å²) >= 11 is 0. The molecule has 3 aromatic rings. The minimum absolute atomic E-state index is 0.140. The lowest BCUT2D eigenvalue weighted by Gasteiger charge is -2.10. The van der Waals surface area contributed by atoms with Crippen LogP contribution < -0.4 is 5.56 Å². The molecule has 0 bridgehead atoms. The minimum atomic E-state index is -0.140. The van der Waals surface area contributed by atoms with Gasteiger partial charge in [0, 0.05) is 11.8 Å². The zero-order chi connectivity index (χ0) is 13.6. The first-order valence-corrected chi connectivity index (χ1v) is 6.21. The minimum Gasteiger partial charge on any atom is -0.355 e. The largest absolute Gasteiger partial charge is 0.355 e. The van der Waals surface area contributed by atoms with Crippen molar-refractivity contribution in [3.05, 3.63) is 51.7 Å². The van der Waals surface area contributed by atoms with Gasteiger partial charge in [0.15, 0.2) is 0 Å². The number of nitrogens with zero attached hydrogens (tertiary/aromatic N) is 1. The summed E-state index contributed by atoms with van der Waals surface area (Å²) in [5.74, 6) is 0. The number of aromatic amines is 2. The van der Waals surface area contributed by atoms with Gasteiger partial charge in [0.1, 0.15) is 11.0 Å². The molecule has 0 saturated carbocycles. The number of H-pyrrole nitrogens is 2. The molecule has 2 aromatic heterocycles. The van der Waals surface area contributed by atoms with Crippen molar-refractivity contribution in [2.45, 2.75) is 20.8 Å². The van der Waals surface area contributed by atoms with Gasteiger partial charge in [-0.25, -0.2) is 4.98 Å². The van der Waals surface area contributed by atoms with Crippen LogP contribution in [0.15, 0.2) is 29.5 Å². The number of hydrogen-bond donors (Lipinski definition) is 2. The maximum atomic E-state index is 11.7. The fourth-order valence-electron chi connectivity index (χ4n) is 2.75. The van der Waals surface area contributed by atoms with Crippen molar-refractivity contribution in [1.29, 1.82) is 0 Å². The molecule has 0 radical (unpaired) electrons.